The van der Waals surface area contributed by atoms with Gasteiger partial charge in [-0.05, 0) is 56.9 Å². The highest BCUT2D eigenvalue weighted by atomic mass is 35.5. The quantitative estimate of drug-likeness (QED) is 0.534. The summed E-state index contributed by atoms with van der Waals surface area (Å²) in [4.78, 5) is 43.1. The van der Waals surface area contributed by atoms with E-state index < -0.39 is 41.0 Å². The molecule has 3 unspecified atom stereocenters. The van der Waals surface area contributed by atoms with Gasteiger partial charge in [-0.1, -0.05) is 48.9 Å². The summed E-state index contributed by atoms with van der Waals surface area (Å²) in [5.41, 5.74) is -0.296. The summed E-state index contributed by atoms with van der Waals surface area (Å²) in [6, 6.07) is 12.7. The first-order chi connectivity index (χ1) is 17.5. The fraction of sp³-hybridized carbons (Fsp3) is 0.464. The maximum atomic E-state index is 14.0. The summed E-state index contributed by atoms with van der Waals surface area (Å²) < 4.78 is 6.68. The minimum atomic E-state index is -1.22. The Morgan fingerprint density at radius 2 is 1.86 bits per heavy atom. The first-order valence-electron chi connectivity index (χ1n) is 12.6. The monoisotopic (exact) mass is 525 g/mol. The van der Waals surface area contributed by atoms with Crippen molar-refractivity contribution in [2.45, 2.75) is 57.4 Å². The van der Waals surface area contributed by atoms with Crippen LogP contribution in [0.15, 0.2) is 48.5 Å². The molecule has 0 saturated carbocycles. The predicted molar refractivity (Wildman–Crippen MR) is 140 cm³/mol. The maximum Gasteiger partial charge on any atom is 0.250 e. The van der Waals surface area contributed by atoms with Gasteiger partial charge in [-0.3, -0.25) is 14.4 Å². The molecule has 3 aliphatic heterocycles. The van der Waals surface area contributed by atoms with Gasteiger partial charge in [-0.15, -0.1) is 0 Å². The van der Waals surface area contributed by atoms with Crippen LogP contribution < -0.4 is 10.6 Å². The molecule has 2 bridgehead atoms. The molecular weight excluding hydrogens is 494 g/mol. The van der Waals surface area contributed by atoms with E-state index in [1.807, 2.05) is 45.0 Å². The Morgan fingerprint density at radius 1 is 1.16 bits per heavy atom. The number of likely N-dealkylation sites (tertiary alicyclic amines) is 1. The highest BCUT2D eigenvalue weighted by molar-refractivity contribution is 6.34. The number of hydrogen-bond donors (Lipinski definition) is 3. The maximum absolute atomic E-state index is 14.0. The van der Waals surface area contributed by atoms with Crippen LogP contribution in [0.25, 0.3) is 0 Å². The van der Waals surface area contributed by atoms with Crippen LogP contribution in [0.1, 0.15) is 32.8 Å². The van der Waals surface area contributed by atoms with E-state index >= 15 is 0 Å². The van der Waals surface area contributed by atoms with Crippen LogP contribution in [0.2, 0.25) is 5.02 Å². The molecule has 0 radical (unpaired) electrons. The number of halogens is 1. The van der Waals surface area contributed by atoms with E-state index in [-0.39, 0.29) is 24.3 Å². The molecule has 0 aliphatic carbocycles. The van der Waals surface area contributed by atoms with Crippen molar-refractivity contribution in [1.82, 2.24) is 4.90 Å². The number of para-hydroxylation sites is 2. The Balaban J connectivity index is 1.57. The molecular formula is C28H32ClN3O5. The Bertz CT molecular complexity index is 1240. The van der Waals surface area contributed by atoms with Crippen LogP contribution in [0.3, 0.4) is 0 Å². The molecule has 196 valence electrons. The van der Waals surface area contributed by atoms with Crippen LogP contribution in [0, 0.1) is 24.7 Å². The number of ether oxygens (including phenoxy) is 1. The molecule has 3 saturated heterocycles. The zero-order valence-electron chi connectivity index (χ0n) is 21.3. The number of benzene rings is 2. The lowest BCUT2D eigenvalue weighted by molar-refractivity contribution is -0.147. The van der Waals surface area contributed by atoms with Gasteiger partial charge in [0.15, 0.2) is 0 Å². The summed E-state index contributed by atoms with van der Waals surface area (Å²) in [5, 5.41) is 16.3. The standard InChI is InChI=1S/C28H32ClN3O5/c1-15-9-8-12-19(29)22(15)31-25(35)23-28-13-16(2)27(4,37-28)20(21(28)26(36)32(23)17(3)14-33)24(34)30-18-10-6-5-7-11-18/h5-12,16-17,20-21,23,33H,13-14H2,1-4H3,(H,30,34)(H,31,35)/t16?,17-,20+,21+,23?,27-,28?/m1/s1. The molecule has 3 fully saturated rings. The summed E-state index contributed by atoms with van der Waals surface area (Å²) in [5.74, 6) is -2.90. The molecule has 8 nitrogen and oxygen atoms in total. The Morgan fingerprint density at radius 3 is 2.51 bits per heavy atom. The molecule has 3 aliphatic rings. The Hall–Kier alpha value is -2.94. The Labute approximate surface area is 221 Å². The molecule has 5 rings (SSSR count). The fourth-order valence-electron chi connectivity index (χ4n) is 6.66. The van der Waals surface area contributed by atoms with Crippen LogP contribution in [0.5, 0.6) is 0 Å². The normalized spacial score (nSPS) is 32.8. The largest absolute Gasteiger partial charge is 0.394 e. The number of aryl methyl sites for hydroxylation is 1. The van der Waals surface area contributed by atoms with Crippen molar-refractivity contribution < 1.29 is 24.2 Å². The average molecular weight is 526 g/mol. The van der Waals surface area contributed by atoms with Gasteiger partial charge in [-0.2, -0.15) is 0 Å². The van der Waals surface area contributed by atoms with Gasteiger partial charge in [0.05, 0.1) is 40.8 Å². The molecule has 37 heavy (non-hydrogen) atoms. The lowest BCUT2D eigenvalue weighted by Crippen LogP contribution is -2.56. The van der Waals surface area contributed by atoms with E-state index in [0.717, 1.165) is 5.56 Å². The smallest absolute Gasteiger partial charge is 0.250 e. The van der Waals surface area contributed by atoms with Gasteiger partial charge < -0.3 is 25.4 Å². The van der Waals surface area contributed by atoms with Crippen molar-refractivity contribution in [2.75, 3.05) is 17.2 Å². The lowest BCUT2D eigenvalue weighted by atomic mass is 9.62. The number of rotatable bonds is 6. The van der Waals surface area contributed by atoms with Gasteiger partial charge in [-0.25, -0.2) is 0 Å². The van der Waals surface area contributed by atoms with E-state index in [1.165, 1.54) is 4.90 Å². The van der Waals surface area contributed by atoms with Crippen molar-refractivity contribution in [3.63, 3.8) is 0 Å². The second kappa shape index (κ2) is 9.11. The zero-order chi connectivity index (χ0) is 26.7. The van der Waals surface area contributed by atoms with Crippen LogP contribution in [-0.4, -0.2) is 57.6 Å². The average Bonchev–Trinajstić information content (AvgIpc) is 3.38. The number of hydrogen-bond acceptors (Lipinski definition) is 5. The number of nitrogens with zero attached hydrogens (tertiary/aromatic N) is 1. The second-order valence-corrected chi connectivity index (χ2v) is 11.2. The second-order valence-electron chi connectivity index (χ2n) is 10.8. The number of aliphatic hydroxyl groups excluding tert-OH is 1. The topological polar surface area (TPSA) is 108 Å². The first kappa shape index (κ1) is 25.7. The lowest BCUT2D eigenvalue weighted by Gasteiger charge is -2.36. The molecule has 7 atom stereocenters. The number of fused-ring (bicyclic) bond motifs is 1. The predicted octanol–water partition coefficient (Wildman–Crippen LogP) is 3.62. The van der Waals surface area contributed by atoms with Gasteiger partial charge in [0.2, 0.25) is 17.7 Å². The number of anilines is 2. The van der Waals surface area contributed by atoms with Crippen molar-refractivity contribution >= 4 is 40.7 Å². The molecule has 3 heterocycles. The van der Waals surface area contributed by atoms with Crippen molar-refractivity contribution in [3.05, 3.63) is 59.1 Å². The zero-order valence-corrected chi connectivity index (χ0v) is 22.1. The third-order valence-electron chi connectivity index (χ3n) is 8.53. The van der Waals surface area contributed by atoms with E-state index in [0.29, 0.717) is 22.8 Å². The van der Waals surface area contributed by atoms with Crippen LogP contribution >= 0.6 is 11.6 Å². The van der Waals surface area contributed by atoms with Gasteiger partial charge in [0.1, 0.15) is 11.6 Å². The molecule has 3 amide bonds. The number of carbonyl (C=O) groups is 3. The highest BCUT2D eigenvalue weighted by Gasteiger charge is 2.80. The fourth-order valence-corrected chi connectivity index (χ4v) is 6.93. The summed E-state index contributed by atoms with van der Waals surface area (Å²) in [7, 11) is 0. The number of amides is 3. The van der Waals surface area contributed by atoms with Crippen LogP contribution in [0.4, 0.5) is 11.4 Å². The number of carbonyl (C=O) groups excluding carboxylic acids is 3. The van der Waals surface area contributed by atoms with Gasteiger partial charge >= 0.3 is 0 Å². The summed E-state index contributed by atoms with van der Waals surface area (Å²) in [6.07, 6.45) is 0.434. The summed E-state index contributed by atoms with van der Waals surface area (Å²) >= 11 is 6.39. The van der Waals surface area contributed by atoms with Crippen molar-refractivity contribution in [2.24, 2.45) is 17.8 Å². The van der Waals surface area contributed by atoms with Gasteiger partial charge in [0, 0.05) is 5.69 Å². The molecule has 2 aromatic carbocycles. The Kier molecular flexibility index (Phi) is 6.33. The van der Waals surface area contributed by atoms with Crippen molar-refractivity contribution in [3.8, 4) is 0 Å². The third-order valence-corrected chi connectivity index (χ3v) is 8.85. The minimum absolute atomic E-state index is 0.0928. The SMILES string of the molecule is Cc1cccc(Cl)c1NC(=O)C1N([C@H](C)CO)C(=O)[C@@H]2[C@@H](C(=O)Nc3ccccc3)[C@]3(C)OC12CC3C. The van der Waals surface area contributed by atoms with E-state index in [1.54, 1.807) is 31.2 Å². The molecule has 1 spiro atoms. The third kappa shape index (κ3) is 3.76. The van der Waals surface area contributed by atoms with Gasteiger partial charge in [0.25, 0.3) is 0 Å². The van der Waals surface area contributed by atoms with Crippen LogP contribution in [-0.2, 0) is 19.1 Å². The molecule has 3 N–H and O–H groups in total. The molecule has 9 heteroatoms. The molecule has 2 aromatic rings. The number of aliphatic hydroxyl groups is 1. The number of nitrogens with one attached hydrogen (secondary N) is 2. The van der Waals surface area contributed by atoms with E-state index in [2.05, 4.69) is 10.6 Å². The molecule has 0 aromatic heterocycles. The summed E-state index contributed by atoms with van der Waals surface area (Å²) in [6.45, 7) is 7.04. The highest BCUT2D eigenvalue weighted by Crippen LogP contribution is 2.65. The van der Waals surface area contributed by atoms with E-state index in [9.17, 15) is 19.5 Å². The van der Waals surface area contributed by atoms with Crippen molar-refractivity contribution in [1.29, 1.82) is 0 Å². The minimum Gasteiger partial charge on any atom is -0.394 e. The van der Waals surface area contributed by atoms with E-state index in [4.69, 9.17) is 16.3 Å². The first-order valence-corrected chi connectivity index (χ1v) is 13.0.